The van der Waals surface area contributed by atoms with Gasteiger partial charge in [0.2, 0.25) is 5.91 Å². The Bertz CT molecular complexity index is 873. The highest BCUT2D eigenvalue weighted by molar-refractivity contribution is 7.17. The third-order valence-electron chi connectivity index (χ3n) is 4.16. The van der Waals surface area contributed by atoms with Gasteiger partial charge in [-0.05, 0) is 56.0 Å². The highest BCUT2D eigenvalue weighted by Crippen LogP contribution is 2.39. The molecule has 0 aliphatic heterocycles. The van der Waals surface area contributed by atoms with Gasteiger partial charge in [0.1, 0.15) is 10.8 Å². The zero-order chi connectivity index (χ0) is 19.4. The van der Waals surface area contributed by atoms with Gasteiger partial charge in [0, 0.05) is 10.4 Å². The normalized spacial score (nSPS) is 12.3. The van der Waals surface area contributed by atoms with Gasteiger partial charge in [0.25, 0.3) is 5.91 Å². The Hall–Kier alpha value is -2.87. The van der Waals surface area contributed by atoms with Crippen molar-refractivity contribution in [1.82, 2.24) is 0 Å². The lowest BCUT2D eigenvalue weighted by Crippen LogP contribution is -2.21. The van der Waals surface area contributed by atoms with E-state index < -0.39 is 11.9 Å². The van der Waals surface area contributed by atoms with Crippen molar-refractivity contribution in [3.05, 3.63) is 45.8 Å². The molecule has 7 nitrogen and oxygen atoms in total. The van der Waals surface area contributed by atoms with E-state index in [1.807, 2.05) is 0 Å². The SMILES string of the molecule is CCOC(=O)c1c(NC(=O)COc2ccc(C(N)=O)cc2)sc2c1CCC2. The summed E-state index contributed by atoms with van der Waals surface area (Å²) in [6, 6.07) is 6.19. The summed E-state index contributed by atoms with van der Waals surface area (Å²) in [5.41, 5.74) is 6.99. The van der Waals surface area contributed by atoms with Gasteiger partial charge in [0.15, 0.2) is 6.61 Å². The molecule has 1 heterocycles. The maximum atomic E-state index is 12.3. The molecule has 0 saturated carbocycles. The van der Waals surface area contributed by atoms with Gasteiger partial charge in [0.05, 0.1) is 12.2 Å². The summed E-state index contributed by atoms with van der Waals surface area (Å²) < 4.78 is 10.6. The van der Waals surface area contributed by atoms with E-state index in [1.54, 1.807) is 19.1 Å². The van der Waals surface area contributed by atoms with Gasteiger partial charge in [-0.15, -0.1) is 11.3 Å². The summed E-state index contributed by atoms with van der Waals surface area (Å²) in [5, 5.41) is 3.27. The maximum absolute atomic E-state index is 12.3. The van der Waals surface area contributed by atoms with Crippen molar-refractivity contribution < 1.29 is 23.9 Å². The summed E-state index contributed by atoms with van der Waals surface area (Å²) in [6.07, 6.45) is 2.73. The minimum absolute atomic E-state index is 0.221. The molecule has 0 fully saturated rings. The van der Waals surface area contributed by atoms with E-state index in [9.17, 15) is 14.4 Å². The number of ether oxygens (including phenoxy) is 2. The van der Waals surface area contributed by atoms with E-state index in [0.29, 0.717) is 21.9 Å². The first-order valence-electron chi connectivity index (χ1n) is 8.63. The molecule has 2 amide bonds. The molecule has 1 aliphatic rings. The van der Waals surface area contributed by atoms with Crippen LogP contribution in [0.2, 0.25) is 0 Å². The number of esters is 1. The molecule has 8 heteroatoms. The molecule has 27 heavy (non-hydrogen) atoms. The van der Waals surface area contributed by atoms with Gasteiger partial charge in [-0.3, -0.25) is 9.59 Å². The van der Waals surface area contributed by atoms with Gasteiger partial charge in [-0.1, -0.05) is 0 Å². The number of aryl methyl sites for hydroxylation is 1. The molecule has 0 unspecified atom stereocenters. The first-order valence-corrected chi connectivity index (χ1v) is 9.45. The smallest absolute Gasteiger partial charge is 0.341 e. The first kappa shape index (κ1) is 18.9. The number of hydrogen-bond acceptors (Lipinski definition) is 6. The number of carbonyl (C=O) groups excluding carboxylic acids is 3. The average Bonchev–Trinajstić information content (AvgIpc) is 3.21. The number of amides is 2. The molecule has 1 aliphatic carbocycles. The quantitative estimate of drug-likeness (QED) is 0.709. The summed E-state index contributed by atoms with van der Waals surface area (Å²) in [5.74, 6) is -0.874. The molecule has 3 N–H and O–H groups in total. The second-order valence-corrected chi connectivity index (χ2v) is 7.11. The fourth-order valence-electron chi connectivity index (χ4n) is 2.94. The summed E-state index contributed by atoms with van der Waals surface area (Å²) in [6.45, 7) is 1.81. The Morgan fingerprint density at radius 1 is 1.19 bits per heavy atom. The van der Waals surface area contributed by atoms with Crippen molar-refractivity contribution >= 4 is 34.1 Å². The molecule has 0 bridgehead atoms. The predicted octanol–water partition coefficient (Wildman–Crippen LogP) is 2.53. The van der Waals surface area contributed by atoms with Crippen LogP contribution in [0.1, 0.15) is 44.5 Å². The zero-order valence-corrected chi connectivity index (χ0v) is 15.7. The standard InChI is InChI=1S/C19H20N2O5S/c1-2-25-19(24)16-13-4-3-5-14(13)27-18(16)21-15(22)10-26-12-8-6-11(7-9-12)17(20)23/h6-9H,2-5,10H2,1H3,(H2,20,23)(H,21,22). The molecular formula is C19H20N2O5S. The number of benzene rings is 1. The fourth-order valence-corrected chi connectivity index (χ4v) is 4.23. The van der Waals surface area contributed by atoms with Crippen LogP contribution in [0, 0.1) is 0 Å². The third-order valence-corrected chi connectivity index (χ3v) is 5.37. The number of rotatable bonds is 7. The number of thiophene rings is 1. The lowest BCUT2D eigenvalue weighted by Gasteiger charge is -2.09. The largest absolute Gasteiger partial charge is 0.484 e. The third kappa shape index (κ3) is 4.28. The Morgan fingerprint density at radius 3 is 2.59 bits per heavy atom. The molecule has 1 aromatic heterocycles. The summed E-state index contributed by atoms with van der Waals surface area (Å²) in [7, 11) is 0. The highest BCUT2D eigenvalue weighted by Gasteiger charge is 2.28. The van der Waals surface area contributed by atoms with Crippen molar-refractivity contribution in [3.8, 4) is 5.75 Å². The monoisotopic (exact) mass is 388 g/mol. The van der Waals surface area contributed by atoms with Crippen molar-refractivity contribution in [2.45, 2.75) is 26.2 Å². The van der Waals surface area contributed by atoms with Crippen LogP contribution in [0.5, 0.6) is 5.75 Å². The van der Waals surface area contributed by atoms with E-state index in [-0.39, 0.29) is 19.1 Å². The minimum atomic E-state index is -0.531. The van der Waals surface area contributed by atoms with Crippen LogP contribution in [0.4, 0.5) is 5.00 Å². The number of anilines is 1. The Morgan fingerprint density at radius 2 is 1.93 bits per heavy atom. The molecule has 142 valence electrons. The van der Waals surface area contributed by atoms with Crippen LogP contribution in [0.25, 0.3) is 0 Å². The predicted molar refractivity (Wildman–Crippen MR) is 101 cm³/mol. The van der Waals surface area contributed by atoms with Crippen molar-refractivity contribution in [3.63, 3.8) is 0 Å². The van der Waals surface area contributed by atoms with Gasteiger partial charge in [-0.2, -0.15) is 0 Å². The highest BCUT2D eigenvalue weighted by atomic mass is 32.1. The number of carbonyl (C=O) groups is 3. The van der Waals surface area contributed by atoms with Crippen LogP contribution >= 0.6 is 11.3 Å². The van der Waals surface area contributed by atoms with Gasteiger partial charge >= 0.3 is 5.97 Å². The molecule has 3 rings (SSSR count). The van der Waals surface area contributed by atoms with Crippen LogP contribution in [-0.2, 0) is 22.4 Å². The Labute approximate surface area is 160 Å². The van der Waals surface area contributed by atoms with Gasteiger partial charge in [-0.25, -0.2) is 4.79 Å². The molecule has 0 atom stereocenters. The second-order valence-electron chi connectivity index (χ2n) is 6.01. The molecular weight excluding hydrogens is 368 g/mol. The Balaban J connectivity index is 1.65. The Kier molecular flexibility index (Phi) is 5.75. The minimum Gasteiger partial charge on any atom is -0.484 e. The lowest BCUT2D eigenvalue weighted by molar-refractivity contribution is -0.118. The number of nitrogens with one attached hydrogen (secondary N) is 1. The summed E-state index contributed by atoms with van der Waals surface area (Å²) in [4.78, 5) is 36.7. The average molecular weight is 388 g/mol. The van der Waals surface area contributed by atoms with E-state index in [1.165, 1.54) is 23.5 Å². The van der Waals surface area contributed by atoms with E-state index in [4.69, 9.17) is 15.2 Å². The van der Waals surface area contributed by atoms with Crippen molar-refractivity contribution in [2.24, 2.45) is 5.73 Å². The van der Waals surface area contributed by atoms with Crippen LogP contribution in [0.15, 0.2) is 24.3 Å². The molecule has 0 radical (unpaired) electrons. The van der Waals surface area contributed by atoms with Crippen molar-refractivity contribution in [2.75, 3.05) is 18.5 Å². The first-order chi connectivity index (χ1) is 13.0. The maximum Gasteiger partial charge on any atom is 0.341 e. The van der Waals surface area contributed by atoms with Gasteiger partial charge < -0.3 is 20.5 Å². The van der Waals surface area contributed by atoms with E-state index in [2.05, 4.69) is 5.32 Å². The van der Waals surface area contributed by atoms with E-state index in [0.717, 1.165) is 29.7 Å². The molecule has 0 spiro atoms. The number of hydrogen-bond donors (Lipinski definition) is 2. The number of primary amides is 1. The topological polar surface area (TPSA) is 108 Å². The van der Waals surface area contributed by atoms with Crippen LogP contribution in [-0.4, -0.2) is 31.0 Å². The second kappa shape index (κ2) is 8.22. The van der Waals surface area contributed by atoms with Crippen LogP contribution in [0.3, 0.4) is 0 Å². The zero-order valence-electron chi connectivity index (χ0n) is 14.9. The van der Waals surface area contributed by atoms with Crippen molar-refractivity contribution in [1.29, 1.82) is 0 Å². The number of nitrogens with two attached hydrogens (primary N) is 1. The summed E-state index contributed by atoms with van der Waals surface area (Å²) >= 11 is 1.42. The molecule has 1 aromatic carbocycles. The number of fused-ring (bicyclic) bond motifs is 1. The molecule has 0 saturated heterocycles. The van der Waals surface area contributed by atoms with Crippen LogP contribution < -0.4 is 15.8 Å². The molecule has 2 aromatic rings. The van der Waals surface area contributed by atoms with E-state index >= 15 is 0 Å². The fraction of sp³-hybridized carbons (Fsp3) is 0.316. The lowest BCUT2D eigenvalue weighted by atomic mass is 10.1.